The molecule has 0 spiro atoms. The molecule has 5 heterocycles. The molecular formula is C58H68F3N9O7. The number of hydrogen-bond donors (Lipinski definition) is 3. The van der Waals surface area contributed by atoms with Gasteiger partial charge in [-0.1, -0.05) is 56.3 Å². The Hall–Kier alpha value is -6.96. The zero-order chi connectivity index (χ0) is 54.2. The topological polar surface area (TPSA) is 181 Å². The zero-order valence-electron chi connectivity index (χ0n) is 43.8. The van der Waals surface area contributed by atoms with Gasteiger partial charge in [-0.2, -0.15) is 5.10 Å². The first-order valence-corrected chi connectivity index (χ1v) is 27.0. The van der Waals surface area contributed by atoms with Crippen LogP contribution in [0.2, 0.25) is 0 Å². The Morgan fingerprint density at radius 2 is 1.43 bits per heavy atom. The van der Waals surface area contributed by atoms with E-state index in [0.29, 0.717) is 99.2 Å². The van der Waals surface area contributed by atoms with E-state index in [1.54, 1.807) is 39.0 Å². The van der Waals surface area contributed by atoms with E-state index in [1.165, 1.54) is 24.3 Å². The summed E-state index contributed by atoms with van der Waals surface area (Å²) in [6.07, 6.45) is 4.83. The number of rotatable bonds is 16. The maximum absolute atomic E-state index is 15.1. The quantitative estimate of drug-likeness (QED) is 0.112. The number of fused-ring (bicyclic) bond motifs is 1. The van der Waals surface area contributed by atoms with Gasteiger partial charge in [0.05, 0.1) is 41.9 Å². The SMILES string of the molecule is CC(C)[C@@H](NC(=O)c1cccc([C@@H]2CCCN(C(=O)CNCc3ccc(F)cc3F)C2)c1)C(=O)N1CCC(OC2CCN(CC(=O)N3CCN(C(=O)c4cc(Cc5n[nH]c(=O)c6ccccc56)ccc4F)CC3)CC2)CC1. The van der Waals surface area contributed by atoms with Crippen molar-refractivity contribution in [3.8, 4) is 0 Å². The second-order valence-corrected chi connectivity index (χ2v) is 21.2. The lowest BCUT2D eigenvalue weighted by Gasteiger charge is -2.39. The standard InChI is InChI=1S/C58H68F3N9O7/c1-37(2)54(63-55(73)40-8-5-7-39(31-40)42-9-6-20-70(35-42)52(71)34-62-33-41-13-14-43(59)32-50(41)61)58(76)68-23-18-45(19-24-68)77-44-16-21-66(22-17-44)36-53(72)67-25-27-69(28-26-67)57(75)48-29-38(12-15-49(48)60)30-51-46-10-3-4-11-47(46)56(74)65-64-51/h3-5,7-8,10-15,29,31-32,37,42,44-45,54,62H,6,9,16-28,30,33-36H2,1-2H3,(H,63,73)(H,65,74)/t42-,54-/m1/s1. The van der Waals surface area contributed by atoms with Crippen LogP contribution in [0.4, 0.5) is 13.2 Å². The predicted molar refractivity (Wildman–Crippen MR) is 283 cm³/mol. The van der Waals surface area contributed by atoms with Crippen molar-refractivity contribution in [1.29, 1.82) is 0 Å². The molecule has 408 valence electrons. The van der Waals surface area contributed by atoms with Crippen molar-refractivity contribution in [2.24, 2.45) is 5.92 Å². The van der Waals surface area contributed by atoms with E-state index in [4.69, 9.17) is 4.74 Å². The molecule has 0 bridgehead atoms. The van der Waals surface area contributed by atoms with Crippen molar-refractivity contribution in [3.63, 3.8) is 0 Å². The normalized spacial score (nSPS) is 18.4. The Morgan fingerprint density at radius 1 is 0.714 bits per heavy atom. The van der Waals surface area contributed by atoms with Gasteiger partial charge in [-0.3, -0.25) is 33.7 Å². The Labute approximate surface area is 446 Å². The molecule has 0 radical (unpaired) electrons. The van der Waals surface area contributed by atoms with Crippen LogP contribution in [0.15, 0.2) is 89.7 Å². The molecule has 4 aliphatic heterocycles. The fourth-order valence-electron chi connectivity index (χ4n) is 11.1. The second-order valence-electron chi connectivity index (χ2n) is 21.2. The summed E-state index contributed by atoms with van der Waals surface area (Å²) in [5, 5.41) is 13.9. The van der Waals surface area contributed by atoms with Gasteiger partial charge < -0.3 is 35.0 Å². The third kappa shape index (κ3) is 13.6. The van der Waals surface area contributed by atoms with Crippen molar-refractivity contribution >= 4 is 40.3 Å². The van der Waals surface area contributed by atoms with E-state index in [-0.39, 0.29) is 97.1 Å². The highest BCUT2D eigenvalue weighted by molar-refractivity contribution is 5.98. The molecule has 0 aliphatic carbocycles. The molecule has 0 saturated carbocycles. The molecule has 4 aromatic carbocycles. The lowest BCUT2D eigenvalue weighted by atomic mass is 9.89. The number of halogens is 3. The van der Waals surface area contributed by atoms with Crippen molar-refractivity contribution in [1.82, 2.24) is 45.3 Å². The molecule has 5 aromatic rings. The molecule has 3 N–H and O–H groups in total. The van der Waals surface area contributed by atoms with Crippen LogP contribution in [0.25, 0.3) is 10.8 Å². The summed E-state index contributed by atoms with van der Waals surface area (Å²) >= 11 is 0. The minimum atomic E-state index is -0.727. The molecule has 19 heteroatoms. The molecule has 77 heavy (non-hydrogen) atoms. The number of H-pyrrole nitrogens is 1. The van der Waals surface area contributed by atoms with Gasteiger partial charge in [0.2, 0.25) is 17.7 Å². The lowest BCUT2D eigenvalue weighted by molar-refractivity contribution is -0.139. The summed E-state index contributed by atoms with van der Waals surface area (Å²) in [6, 6.07) is 21.5. The number of likely N-dealkylation sites (tertiary alicyclic amines) is 3. The number of aromatic nitrogens is 2. The fourth-order valence-corrected chi connectivity index (χ4v) is 11.1. The van der Waals surface area contributed by atoms with Crippen LogP contribution in [0.1, 0.15) is 101 Å². The van der Waals surface area contributed by atoms with E-state index in [0.717, 1.165) is 37.3 Å². The maximum atomic E-state index is 15.1. The van der Waals surface area contributed by atoms with Crippen molar-refractivity contribution in [3.05, 3.63) is 146 Å². The van der Waals surface area contributed by atoms with Crippen molar-refractivity contribution in [2.75, 3.05) is 78.5 Å². The second kappa shape index (κ2) is 25.0. The molecule has 5 amide bonds. The Morgan fingerprint density at radius 3 is 2.16 bits per heavy atom. The van der Waals surface area contributed by atoms with Gasteiger partial charge >= 0.3 is 0 Å². The zero-order valence-corrected chi connectivity index (χ0v) is 43.8. The largest absolute Gasteiger partial charge is 0.375 e. The molecule has 2 atom stereocenters. The summed E-state index contributed by atoms with van der Waals surface area (Å²) in [5.74, 6) is -3.15. The van der Waals surface area contributed by atoms with Gasteiger partial charge in [0.1, 0.15) is 23.5 Å². The molecule has 4 saturated heterocycles. The molecule has 1 aromatic heterocycles. The Balaban J connectivity index is 0.677. The highest BCUT2D eigenvalue weighted by Gasteiger charge is 2.35. The first kappa shape index (κ1) is 54.8. The van der Waals surface area contributed by atoms with Crippen LogP contribution in [-0.2, 0) is 32.1 Å². The van der Waals surface area contributed by atoms with Crippen molar-refractivity contribution in [2.45, 2.75) is 89.5 Å². The van der Waals surface area contributed by atoms with Crippen LogP contribution < -0.4 is 16.2 Å². The monoisotopic (exact) mass is 1060 g/mol. The van der Waals surface area contributed by atoms with Crippen LogP contribution in [0, 0.1) is 23.4 Å². The smallest absolute Gasteiger partial charge is 0.272 e. The maximum Gasteiger partial charge on any atom is 0.272 e. The van der Waals surface area contributed by atoms with Gasteiger partial charge in [0.15, 0.2) is 0 Å². The number of piperidine rings is 3. The summed E-state index contributed by atoms with van der Waals surface area (Å²) in [4.78, 5) is 89.3. The minimum Gasteiger partial charge on any atom is -0.375 e. The highest BCUT2D eigenvalue weighted by atomic mass is 19.1. The number of amides is 5. The predicted octanol–water partition coefficient (Wildman–Crippen LogP) is 5.64. The summed E-state index contributed by atoms with van der Waals surface area (Å²) in [5.41, 5.74) is 2.59. The Kier molecular flexibility index (Phi) is 17.8. The van der Waals surface area contributed by atoms with Crippen molar-refractivity contribution < 1.29 is 41.9 Å². The Bertz CT molecular complexity index is 3000. The summed E-state index contributed by atoms with van der Waals surface area (Å²) in [6.45, 7) is 8.94. The number of nitrogens with one attached hydrogen (secondary N) is 3. The van der Waals surface area contributed by atoms with Crippen LogP contribution in [0.5, 0.6) is 0 Å². The average molecular weight is 1060 g/mol. The average Bonchev–Trinajstić information content (AvgIpc) is 3.44. The number of nitrogens with zero attached hydrogens (tertiary/aromatic N) is 6. The first-order chi connectivity index (χ1) is 37.2. The van der Waals surface area contributed by atoms with E-state index >= 15 is 4.39 Å². The van der Waals surface area contributed by atoms with Gasteiger partial charge in [-0.25, -0.2) is 18.3 Å². The summed E-state index contributed by atoms with van der Waals surface area (Å²) < 4.78 is 49.1. The third-order valence-corrected chi connectivity index (χ3v) is 15.6. The number of benzene rings is 4. The minimum absolute atomic E-state index is 0.00704. The van der Waals surface area contributed by atoms with E-state index in [2.05, 4.69) is 25.7 Å². The van der Waals surface area contributed by atoms with Gasteiger partial charge in [-0.15, -0.1) is 0 Å². The molecule has 9 rings (SSSR count). The highest BCUT2D eigenvalue weighted by Crippen LogP contribution is 2.29. The van der Waals surface area contributed by atoms with Crippen LogP contribution in [0.3, 0.4) is 0 Å². The summed E-state index contributed by atoms with van der Waals surface area (Å²) in [7, 11) is 0. The van der Waals surface area contributed by atoms with Crippen LogP contribution in [-0.4, -0.2) is 161 Å². The third-order valence-electron chi connectivity index (χ3n) is 15.6. The molecular weight excluding hydrogens is 992 g/mol. The lowest BCUT2D eigenvalue weighted by Crippen LogP contribution is -2.54. The van der Waals surface area contributed by atoms with E-state index in [9.17, 15) is 37.5 Å². The first-order valence-electron chi connectivity index (χ1n) is 27.0. The van der Waals surface area contributed by atoms with Gasteiger partial charge in [-0.05, 0) is 92.0 Å². The van der Waals surface area contributed by atoms with E-state index in [1.807, 2.05) is 49.1 Å². The number of carbonyl (C=O) groups is 5. The molecule has 16 nitrogen and oxygen atoms in total. The number of hydrogen-bond acceptors (Lipinski definition) is 10. The van der Waals surface area contributed by atoms with Gasteiger partial charge in [0.25, 0.3) is 17.4 Å². The number of aromatic amines is 1. The number of carbonyl (C=O) groups excluding carboxylic acids is 5. The van der Waals surface area contributed by atoms with Crippen LogP contribution >= 0.6 is 0 Å². The van der Waals surface area contributed by atoms with E-state index < -0.39 is 29.4 Å². The molecule has 4 aliphatic rings. The number of ether oxygens (including phenoxy) is 1. The molecule has 4 fully saturated rings. The molecule has 0 unspecified atom stereocenters. The fraction of sp³-hybridized carbons (Fsp3) is 0.466. The number of piperazine rings is 1. The van der Waals surface area contributed by atoms with Gasteiger partial charge in [0, 0.05) is 107 Å².